The van der Waals surface area contributed by atoms with E-state index in [2.05, 4.69) is 6.58 Å². The number of esters is 3. The van der Waals surface area contributed by atoms with Gasteiger partial charge in [0.15, 0.2) is 9.84 Å². The van der Waals surface area contributed by atoms with Crippen LogP contribution in [0.2, 0.25) is 0 Å². The monoisotopic (exact) mass is 770 g/mol. The molecule has 4 rings (SSSR count). The number of hydrogen-bond acceptors (Lipinski definition) is 11. The molecule has 0 bridgehead atoms. The number of carbonyl (C=O) groups excluding carboxylic acids is 3. The van der Waals surface area contributed by atoms with Gasteiger partial charge in [0.2, 0.25) is 0 Å². The van der Waals surface area contributed by atoms with Gasteiger partial charge >= 0.3 is 17.9 Å². The van der Waals surface area contributed by atoms with Crippen LogP contribution in [0.3, 0.4) is 0 Å². The fourth-order valence-electron chi connectivity index (χ4n) is 7.19. The number of methoxy groups -OCH3 is 1. The summed E-state index contributed by atoms with van der Waals surface area (Å²) in [5, 5.41) is 0. The van der Waals surface area contributed by atoms with E-state index in [9.17, 15) is 22.8 Å². The first-order valence-electron chi connectivity index (χ1n) is 18.8. The molecule has 2 heterocycles. The van der Waals surface area contributed by atoms with Crippen LogP contribution in [-0.4, -0.2) is 89.0 Å². The summed E-state index contributed by atoms with van der Waals surface area (Å²) in [5.41, 5.74) is -0.701. The summed E-state index contributed by atoms with van der Waals surface area (Å²) < 4.78 is 63.1. The largest absolute Gasteiger partial charge is 0.465 e. The van der Waals surface area contributed by atoms with Crippen LogP contribution in [0, 0.1) is 23.2 Å². The average Bonchev–Trinajstić information content (AvgIpc) is 3.39. The number of hydrogen-bond donors (Lipinski definition) is 0. The van der Waals surface area contributed by atoms with E-state index in [-0.39, 0.29) is 66.9 Å². The maximum absolute atomic E-state index is 13.8. The fraction of sp³-hybridized carbons (Fsp3) is 0.595. The number of ether oxygens (including phenoxy) is 6. The first kappa shape index (κ1) is 43.2. The number of rotatable bonds is 17. The second-order valence-electron chi connectivity index (χ2n) is 16.0. The summed E-state index contributed by atoms with van der Waals surface area (Å²) in [6.07, 6.45) is 0.307. The summed E-state index contributed by atoms with van der Waals surface area (Å²) >= 11 is 0. The molecule has 0 aliphatic carbocycles. The molecule has 8 atom stereocenters. The van der Waals surface area contributed by atoms with Crippen molar-refractivity contribution in [3.63, 3.8) is 0 Å². The summed E-state index contributed by atoms with van der Waals surface area (Å²) in [5.74, 6) is -2.03. The van der Waals surface area contributed by atoms with E-state index < -0.39 is 50.9 Å². The van der Waals surface area contributed by atoms with Gasteiger partial charge in [0.25, 0.3) is 0 Å². The molecule has 54 heavy (non-hydrogen) atoms. The lowest BCUT2D eigenvalue weighted by Crippen LogP contribution is -2.49. The van der Waals surface area contributed by atoms with Crippen LogP contribution in [-0.2, 0) is 47.8 Å². The SMILES string of the molecule is C=C1C(C[C@@H]2O[C@H](C[C@H](C)COC(=O)c3ccccc3)[C@H](C)[C@H]2CS(=O)(=O)c2ccccc2)O[C@@H](CCCOC(=O)C(C)(C)C)C[C@@]1(C)OC(=O)COC. The summed E-state index contributed by atoms with van der Waals surface area (Å²) in [6.45, 7) is 15.7. The Hall–Kier alpha value is -3.58. The van der Waals surface area contributed by atoms with Gasteiger partial charge in [0, 0.05) is 25.9 Å². The maximum Gasteiger partial charge on any atom is 0.338 e. The highest BCUT2D eigenvalue weighted by molar-refractivity contribution is 7.91. The lowest BCUT2D eigenvalue weighted by molar-refractivity contribution is -0.173. The molecule has 0 N–H and O–H groups in total. The Bertz CT molecular complexity index is 1670. The Kier molecular flexibility index (Phi) is 15.1. The topological polar surface area (TPSA) is 141 Å². The van der Waals surface area contributed by atoms with E-state index in [1.165, 1.54) is 7.11 Å². The average molecular weight is 771 g/mol. The third-order valence-electron chi connectivity index (χ3n) is 10.4. The predicted octanol–water partition coefficient (Wildman–Crippen LogP) is 6.78. The van der Waals surface area contributed by atoms with Gasteiger partial charge in [-0.15, -0.1) is 0 Å². The molecule has 0 aromatic heterocycles. The Morgan fingerprint density at radius 2 is 1.63 bits per heavy atom. The van der Waals surface area contributed by atoms with Gasteiger partial charge in [-0.05, 0) is 88.6 Å². The predicted molar refractivity (Wildman–Crippen MR) is 203 cm³/mol. The zero-order valence-corrected chi connectivity index (χ0v) is 33.6. The van der Waals surface area contributed by atoms with Crippen molar-refractivity contribution in [2.45, 2.75) is 109 Å². The van der Waals surface area contributed by atoms with E-state index in [4.69, 9.17) is 28.4 Å². The van der Waals surface area contributed by atoms with Crippen molar-refractivity contribution >= 4 is 27.7 Å². The molecule has 1 unspecified atom stereocenters. The number of benzene rings is 2. The second kappa shape index (κ2) is 18.8. The third-order valence-corrected chi connectivity index (χ3v) is 12.2. The van der Waals surface area contributed by atoms with Crippen LogP contribution in [0.4, 0.5) is 0 Å². The van der Waals surface area contributed by atoms with E-state index in [0.29, 0.717) is 36.8 Å². The van der Waals surface area contributed by atoms with Crippen LogP contribution in [0.15, 0.2) is 77.7 Å². The molecule has 2 fully saturated rings. The van der Waals surface area contributed by atoms with E-state index in [0.717, 1.165) is 0 Å². The molecule has 0 amide bonds. The van der Waals surface area contributed by atoms with Gasteiger partial charge in [-0.2, -0.15) is 0 Å². The minimum Gasteiger partial charge on any atom is -0.465 e. The lowest BCUT2D eigenvalue weighted by Gasteiger charge is -2.44. The molecule has 0 saturated carbocycles. The Labute approximate surface area is 321 Å². The van der Waals surface area contributed by atoms with Crippen molar-refractivity contribution in [3.8, 4) is 0 Å². The van der Waals surface area contributed by atoms with Crippen LogP contribution in [0.25, 0.3) is 0 Å². The first-order valence-corrected chi connectivity index (χ1v) is 20.5. The molecule has 2 saturated heterocycles. The second-order valence-corrected chi connectivity index (χ2v) is 18.0. The Balaban J connectivity index is 1.54. The van der Waals surface area contributed by atoms with E-state index >= 15 is 0 Å². The van der Waals surface area contributed by atoms with Crippen molar-refractivity contribution in [2.24, 2.45) is 23.2 Å². The fourth-order valence-corrected chi connectivity index (χ4v) is 8.98. The Morgan fingerprint density at radius 1 is 0.981 bits per heavy atom. The highest BCUT2D eigenvalue weighted by Gasteiger charge is 2.49. The van der Waals surface area contributed by atoms with Crippen molar-refractivity contribution in [1.82, 2.24) is 0 Å². The van der Waals surface area contributed by atoms with Crippen molar-refractivity contribution in [1.29, 1.82) is 0 Å². The number of carbonyl (C=O) groups is 3. The highest BCUT2D eigenvalue weighted by atomic mass is 32.2. The molecular weight excluding hydrogens is 713 g/mol. The van der Waals surface area contributed by atoms with Crippen LogP contribution < -0.4 is 0 Å². The van der Waals surface area contributed by atoms with Crippen molar-refractivity contribution in [2.75, 3.05) is 32.7 Å². The zero-order chi connectivity index (χ0) is 39.7. The van der Waals surface area contributed by atoms with E-state index in [1.807, 2.05) is 26.8 Å². The van der Waals surface area contributed by atoms with Crippen molar-refractivity contribution < 1.29 is 51.2 Å². The van der Waals surface area contributed by atoms with E-state index in [1.54, 1.807) is 75.4 Å². The minimum atomic E-state index is -3.69. The van der Waals surface area contributed by atoms with Gasteiger partial charge in [0.1, 0.15) is 12.2 Å². The summed E-state index contributed by atoms with van der Waals surface area (Å²) in [4.78, 5) is 38.0. The standard InChI is InChI=1S/C42H58O11S/c1-28(25-50-39(44)31-16-11-9-12-17-31)22-35-29(2)34(27-54(46,47)33-19-13-10-14-20-33)37(52-35)23-36-30(3)42(7,53-38(43)26-48-8)24-32(51-36)18-15-21-49-40(45)41(4,5)6/h9-14,16-17,19-20,28-29,32,34-37H,3,15,18,21-27H2,1-2,4-8H3/t28-,29+,32-,34+,35+,36?,37-,42+/m0/s1. The molecule has 2 aliphatic rings. The molecular formula is C42H58O11S. The lowest BCUT2D eigenvalue weighted by atomic mass is 9.79. The molecule has 0 spiro atoms. The van der Waals surface area contributed by atoms with Crippen LogP contribution in [0.5, 0.6) is 0 Å². The molecule has 2 aromatic carbocycles. The molecule has 0 radical (unpaired) electrons. The quantitative estimate of drug-likeness (QED) is 0.0727. The Morgan fingerprint density at radius 3 is 2.26 bits per heavy atom. The van der Waals surface area contributed by atoms with Gasteiger partial charge in [-0.1, -0.05) is 56.8 Å². The third kappa shape index (κ3) is 11.7. The molecule has 2 aliphatic heterocycles. The number of sulfone groups is 1. The maximum atomic E-state index is 13.8. The molecule has 2 aromatic rings. The molecule has 12 heteroatoms. The normalized spacial score (nSPS) is 26.5. The smallest absolute Gasteiger partial charge is 0.338 e. The van der Waals surface area contributed by atoms with Gasteiger partial charge in [-0.3, -0.25) is 4.79 Å². The van der Waals surface area contributed by atoms with Crippen LogP contribution in [0.1, 0.15) is 84.0 Å². The first-order chi connectivity index (χ1) is 25.4. The van der Waals surface area contributed by atoms with Gasteiger partial charge in [0.05, 0.1) is 59.3 Å². The zero-order valence-electron chi connectivity index (χ0n) is 32.8. The molecule has 298 valence electrons. The van der Waals surface area contributed by atoms with Crippen molar-refractivity contribution in [3.05, 3.63) is 78.4 Å². The minimum absolute atomic E-state index is 0.0728. The highest BCUT2D eigenvalue weighted by Crippen LogP contribution is 2.44. The van der Waals surface area contributed by atoms with Gasteiger partial charge in [-0.25, -0.2) is 18.0 Å². The van der Waals surface area contributed by atoms with Gasteiger partial charge < -0.3 is 28.4 Å². The molecule has 11 nitrogen and oxygen atoms in total. The van der Waals surface area contributed by atoms with Crippen LogP contribution >= 0.6 is 0 Å². The summed E-state index contributed by atoms with van der Waals surface area (Å²) in [6, 6.07) is 17.2. The summed E-state index contributed by atoms with van der Waals surface area (Å²) in [7, 11) is -2.28.